The first kappa shape index (κ1) is 10.1. The van der Waals surface area contributed by atoms with E-state index in [4.69, 9.17) is 0 Å². The molecule has 0 saturated carbocycles. The Morgan fingerprint density at radius 3 is 2.18 bits per heavy atom. The van der Waals surface area contributed by atoms with E-state index in [-0.39, 0.29) is 18.4 Å². The van der Waals surface area contributed by atoms with E-state index in [1.807, 2.05) is 13.8 Å². The van der Waals surface area contributed by atoms with Gasteiger partial charge in [-0.1, -0.05) is 20.8 Å². The summed E-state index contributed by atoms with van der Waals surface area (Å²) < 4.78 is 4.48. The number of cyclic esters (lactones) is 1. The minimum Gasteiger partial charge on any atom is -0.457 e. The molecular weight excluding hydrogens is 144 g/mol. The maximum Gasteiger partial charge on any atom is 0.317 e. The lowest BCUT2D eigenvalue weighted by atomic mass is 10.1. The van der Waals surface area contributed by atoms with Crippen LogP contribution in [0.2, 0.25) is 0 Å². The standard InChI is InChI=1S/C6H8O3.C2H6/c1-2-4-5(7)3-9-6(4)8;1-2/h4H,2-3H2,1H3;1-2H3. The fourth-order valence-electron chi connectivity index (χ4n) is 0.869. The van der Waals surface area contributed by atoms with Gasteiger partial charge >= 0.3 is 5.97 Å². The van der Waals surface area contributed by atoms with E-state index < -0.39 is 5.92 Å². The first-order valence-corrected chi connectivity index (χ1v) is 3.95. The molecule has 0 N–H and O–H groups in total. The predicted molar refractivity (Wildman–Crippen MR) is 41.1 cm³/mol. The molecule has 3 heteroatoms. The minimum absolute atomic E-state index is 0.0165. The molecule has 3 nitrogen and oxygen atoms in total. The average molecular weight is 158 g/mol. The predicted octanol–water partition coefficient (Wildman–Crippen LogP) is 1.16. The summed E-state index contributed by atoms with van der Waals surface area (Å²) in [5, 5.41) is 0. The van der Waals surface area contributed by atoms with Crippen molar-refractivity contribution in [2.45, 2.75) is 27.2 Å². The lowest BCUT2D eigenvalue weighted by molar-refractivity contribution is -0.141. The SMILES string of the molecule is CC.CCC1C(=O)COC1=O. The van der Waals surface area contributed by atoms with Gasteiger partial charge in [-0.3, -0.25) is 9.59 Å². The molecule has 1 aliphatic rings. The van der Waals surface area contributed by atoms with Crippen LogP contribution in [-0.2, 0) is 14.3 Å². The van der Waals surface area contributed by atoms with Crippen molar-refractivity contribution >= 4 is 11.8 Å². The highest BCUT2D eigenvalue weighted by Gasteiger charge is 2.32. The molecule has 0 aromatic carbocycles. The second-order valence-electron chi connectivity index (χ2n) is 2.03. The number of carbonyl (C=O) groups is 2. The maximum atomic E-state index is 10.7. The van der Waals surface area contributed by atoms with Crippen molar-refractivity contribution in [1.29, 1.82) is 0 Å². The van der Waals surface area contributed by atoms with Crippen LogP contribution in [0.1, 0.15) is 27.2 Å². The quantitative estimate of drug-likeness (QED) is 0.425. The Kier molecular flexibility index (Phi) is 4.50. The Labute approximate surface area is 66.7 Å². The van der Waals surface area contributed by atoms with Crippen LogP contribution in [-0.4, -0.2) is 18.4 Å². The van der Waals surface area contributed by atoms with Crippen molar-refractivity contribution in [2.24, 2.45) is 5.92 Å². The third-order valence-corrected chi connectivity index (χ3v) is 1.44. The lowest BCUT2D eigenvalue weighted by Crippen LogP contribution is -2.13. The van der Waals surface area contributed by atoms with Gasteiger partial charge in [0.2, 0.25) is 0 Å². The zero-order chi connectivity index (χ0) is 8.85. The number of esters is 1. The van der Waals surface area contributed by atoms with Gasteiger partial charge in [0.1, 0.15) is 5.92 Å². The van der Waals surface area contributed by atoms with Crippen LogP contribution in [0.3, 0.4) is 0 Å². The molecule has 1 atom stereocenters. The van der Waals surface area contributed by atoms with Crippen LogP contribution in [0, 0.1) is 5.92 Å². The van der Waals surface area contributed by atoms with Crippen LogP contribution >= 0.6 is 0 Å². The van der Waals surface area contributed by atoms with Crippen molar-refractivity contribution < 1.29 is 14.3 Å². The largest absolute Gasteiger partial charge is 0.457 e. The fourth-order valence-corrected chi connectivity index (χ4v) is 0.869. The molecule has 0 spiro atoms. The van der Waals surface area contributed by atoms with E-state index in [1.165, 1.54) is 0 Å². The third kappa shape index (κ3) is 2.33. The molecule has 0 aromatic rings. The Morgan fingerprint density at radius 1 is 1.45 bits per heavy atom. The van der Waals surface area contributed by atoms with Crippen molar-refractivity contribution in [3.63, 3.8) is 0 Å². The molecule has 0 bridgehead atoms. The van der Waals surface area contributed by atoms with E-state index in [0.29, 0.717) is 6.42 Å². The summed E-state index contributed by atoms with van der Waals surface area (Å²) >= 11 is 0. The summed E-state index contributed by atoms with van der Waals surface area (Å²) in [5.41, 5.74) is 0. The Morgan fingerprint density at radius 2 is 2.00 bits per heavy atom. The molecule has 1 fully saturated rings. The number of hydrogen-bond acceptors (Lipinski definition) is 3. The van der Waals surface area contributed by atoms with Crippen molar-refractivity contribution in [1.82, 2.24) is 0 Å². The van der Waals surface area contributed by atoms with Crippen LogP contribution < -0.4 is 0 Å². The van der Waals surface area contributed by atoms with Gasteiger partial charge in [-0.25, -0.2) is 0 Å². The molecule has 1 aliphatic heterocycles. The van der Waals surface area contributed by atoms with Crippen LogP contribution in [0.15, 0.2) is 0 Å². The highest BCUT2D eigenvalue weighted by molar-refractivity contribution is 6.04. The number of ether oxygens (including phenoxy) is 1. The van der Waals surface area contributed by atoms with Gasteiger partial charge in [0, 0.05) is 0 Å². The smallest absolute Gasteiger partial charge is 0.317 e. The van der Waals surface area contributed by atoms with E-state index in [1.54, 1.807) is 6.92 Å². The minimum atomic E-state index is -0.468. The summed E-state index contributed by atoms with van der Waals surface area (Å²) in [6.07, 6.45) is 0.567. The molecule has 11 heavy (non-hydrogen) atoms. The Bertz CT molecular complexity index is 135. The second kappa shape index (κ2) is 4.88. The molecule has 1 saturated heterocycles. The second-order valence-corrected chi connectivity index (χ2v) is 2.03. The molecule has 64 valence electrons. The van der Waals surface area contributed by atoms with E-state index in [0.717, 1.165) is 0 Å². The van der Waals surface area contributed by atoms with Gasteiger partial charge in [0.15, 0.2) is 12.4 Å². The topological polar surface area (TPSA) is 43.4 Å². The summed E-state index contributed by atoms with van der Waals surface area (Å²) in [6, 6.07) is 0. The van der Waals surface area contributed by atoms with Gasteiger partial charge in [-0.05, 0) is 6.42 Å². The van der Waals surface area contributed by atoms with Gasteiger partial charge < -0.3 is 4.74 Å². The zero-order valence-corrected chi connectivity index (χ0v) is 7.22. The summed E-state index contributed by atoms with van der Waals surface area (Å²) in [4.78, 5) is 21.2. The van der Waals surface area contributed by atoms with Crippen molar-refractivity contribution in [2.75, 3.05) is 6.61 Å². The van der Waals surface area contributed by atoms with E-state index in [2.05, 4.69) is 4.74 Å². The molecular formula is C8H14O3. The van der Waals surface area contributed by atoms with Crippen LogP contribution in [0.5, 0.6) is 0 Å². The Balaban J connectivity index is 0.000000461. The number of hydrogen-bond donors (Lipinski definition) is 0. The number of carbonyl (C=O) groups excluding carboxylic acids is 2. The fraction of sp³-hybridized carbons (Fsp3) is 0.750. The van der Waals surface area contributed by atoms with Crippen molar-refractivity contribution in [3.05, 3.63) is 0 Å². The normalized spacial score (nSPS) is 22.3. The molecule has 1 rings (SSSR count). The van der Waals surface area contributed by atoms with E-state index in [9.17, 15) is 9.59 Å². The highest BCUT2D eigenvalue weighted by Crippen LogP contribution is 2.13. The summed E-state index contributed by atoms with van der Waals surface area (Å²) in [5.74, 6) is -0.907. The summed E-state index contributed by atoms with van der Waals surface area (Å²) in [6.45, 7) is 5.78. The van der Waals surface area contributed by atoms with E-state index >= 15 is 0 Å². The zero-order valence-electron chi connectivity index (χ0n) is 7.22. The van der Waals surface area contributed by atoms with Crippen molar-refractivity contribution in [3.8, 4) is 0 Å². The van der Waals surface area contributed by atoms with Gasteiger partial charge in [-0.15, -0.1) is 0 Å². The molecule has 0 aliphatic carbocycles. The molecule has 0 aromatic heterocycles. The van der Waals surface area contributed by atoms with Gasteiger partial charge in [0.25, 0.3) is 0 Å². The molecule has 0 radical (unpaired) electrons. The highest BCUT2D eigenvalue weighted by atomic mass is 16.5. The van der Waals surface area contributed by atoms with Gasteiger partial charge in [0.05, 0.1) is 0 Å². The lowest BCUT2D eigenvalue weighted by Gasteiger charge is -1.94. The van der Waals surface area contributed by atoms with Crippen LogP contribution in [0.4, 0.5) is 0 Å². The first-order valence-electron chi connectivity index (χ1n) is 3.95. The maximum absolute atomic E-state index is 10.7. The van der Waals surface area contributed by atoms with Gasteiger partial charge in [-0.2, -0.15) is 0 Å². The number of ketones is 1. The number of rotatable bonds is 1. The number of Topliss-reactive ketones (excluding diaryl/α,β-unsaturated/α-hetero) is 1. The van der Waals surface area contributed by atoms with Crippen LogP contribution in [0.25, 0.3) is 0 Å². The Hall–Kier alpha value is -0.860. The first-order chi connectivity index (χ1) is 5.25. The molecule has 1 unspecified atom stereocenters. The molecule has 0 amide bonds. The third-order valence-electron chi connectivity index (χ3n) is 1.44. The summed E-state index contributed by atoms with van der Waals surface area (Å²) in [7, 11) is 0. The molecule has 1 heterocycles. The monoisotopic (exact) mass is 158 g/mol. The average Bonchev–Trinajstić information content (AvgIpc) is 2.35.